The summed E-state index contributed by atoms with van der Waals surface area (Å²) in [5, 5.41) is 0. The minimum absolute atomic E-state index is 0.267. The van der Waals surface area contributed by atoms with Gasteiger partial charge in [0, 0.05) is 39.1 Å². The Kier molecular flexibility index (Phi) is 6.92. The molecule has 0 atom stereocenters. The van der Waals surface area contributed by atoms with Gasteiger partial charge in [-0.3, -0.25) is 9.52 Å². The van der Waals surface area contributed by atoms with Gasteiger partial charge in [0.2, 0.25) is 5.91 Å². The van der Waals surface area contributed by atoms with Crippen molar-refractivity contribution < 1.29 is 4.79 Å². The average Bonchev–Trinajstić information content (AvgIpc) is 2.38. The number of hydrogen-bond acceptors (Lipinski definition) is 4. The van der Waals surface area contributed by atoms with Gasteiger partial charge in [-0.1, -0.05) is 19.7 Å². The number of rotatable bonds is 6. The van der Waals surface area contributed by atoms with Gasteiger partial charge in [0.25, 0.3) is 0 Å². The van der Waals surface area contributed by atoms with Gasteiger partial charge in [0.1, 0.15) is 0 Å². The van der Waals surface area contributed by atoms with Crippen LogP contribution in [-0.4, -0.2) is 55.0 Å². The molecular formula is C12H25N3OS. The van der Waals surface area contributed by atoms with Gasteiger partial charge in [0.05, 0.1) is 0 Å². The third kappa shape index (κ3) is 4.85. The van der Waals surface area contributed by atoms with Crippen LogP contribution in [0.15, 0.2) is 0 Å². The van der Waals surface area contributed by atoms with E-state index in [1.165, 1.54) is 0 Å². The standard InChI is InChI=1S/C12H25N3OS/c1-3-15-9-6-11(7-10-15)14(2)12(16)5-4-8-13-17/h11,13,17H,3-10H2,1-2H3. The summed E-state index contributed by atoms with van der Waals surface area (Å²) in [6.45, 7) is 6.35. The number of likely N-dealkylation sites (tertiary alicyclic amines) is 1. The summed E-state index contributed by atoms with van der Waals surface area (Å²) in [6.07, 6.45) is 3.71. The second kappa shape index (κ2) is 7.95. The summed E-state index contributed by atoms with van der Waals surface area (Å²) < 4.78 is 2.77. The van der Waals surface area contributed by atoms with Crippen molar-refractivity contribution in [2.75, 3.05) is 33.2 Å². The lowest BCUT2D eigenvalue weighted by atomic mass is 10.0. The second-order valence-corrected chi connectivity index (χ2v) is 5.00. The number of nitrogens with zero attached hydrogens (tertiary/aromatic N) is 2. The lowest BCUT2D eigenvalue weighted by molar-refractivity contribution is -0.132. The van der Waals surface area contributed by atoms with E-state index in [9.17, 15) is 4.79 Å². The number of hydrogen-bond donors (Lipinski definition) is 2. The Morgan fingerprint density at radius 2 is 2.12 bits per heavy atom. The molecule has 0 radical (unpaired) electrons. The van der Waals surface area contributed by atoms with E-state index in [4.69, 9.17) is 0 Å². The average molecular weight is 259 g/mol. The Bertz CT molecular complexity index is 230. The van der Waals surface area contributed by atoms with Gasteiger partial charge in [-0.05, 0) is 25.8 Å². The normalized spacial score (nSPS) is 18.3. The van der Waals surface area contributed by atoms with Crippen molar-refractivity contribution in [2.24, 2.45) is 0 Å². The molecule has 1 saturated heterocycles. The molecule has 0 aliphatic carbocycles. The van der Waals surface area contributed by atoms with Crippen LogP contribution in [0.3, 0.4) is 0 Å². The van der Waals surface area contributed by atoms with Crippen LogP contribution >= 0.6 is 12.8 Å². The van der Waals surface area contributed by atoms with Crippen LogP contribution in [0.5, 0.6) is 0 Å². The molecule has 1 rings (SSSR count). The van der Waals surface area contributed by atoms with Gasteiger partial charge in [-0.2, -0.15) is 0 Å². The second-order valence-electron chi connectivity index (χ2n) is 4.68. The molecule has 0 saturated carbocycles. The molecule has 1 fully saturated rings. The summed E-state index contributed by atoms with van der Waals surface area (Å²) in [7, 11) is 1.95. The summed E-state index contributed by atoms with van der Waals surface area (Å²) in [5.41, 5.74) is 0. The van der Waals surface area contributed by atoms with Gasteiger partial charge >= 0.3 is 0 Å². The van der Waals surface area contributed by atoms with Crippen molar-refractivity contribution in [1.29, 1.82) is 0 Å². The van der Waals surface area contributed by atoms with Gasteiger partial charge in [0.15, 0.2) is 0 Å². The number of carbonyl (C=O) groups is 1. The Morgan fingerprint density at radius 3 is 2.65 bits per heavy atom. The highest BCUT2D eigenvalue weighted by atomic mass is 32.1. The summed E-state index contributed by atoms with van der Waals surface area (Å²) >= 11 is 3.92. The van der Waals surface area contributed by atoms with E-state index < -0.39 is 0 Å². The maximum absolute atomic E-state index is 11.9. The number of thiol groups is 1. The summed E-state index contributed by atoms with van der Waals surface area (Å²) in [4.78, 5) is 16.3. The predicted octanol–water partition coefficient (Wildman–Crippen LogP) is 1.14. The van der Waals surface area contributed by atoms with E-state index in [1.807, 2.05) is 11.9 Å². The molecule has 0 aromatic rings. The first-order valence-corrected chi connectivity index (χ1v) is 6.98. The Morgan fingerprint density at radius 1 is 1.47 bits per heavy atom. The van der Waals surface area contributed by atoms with E-state index in [1.54, 1.807) is 0 Å². The van der Waals surface area contributed by atoms with Crippen molar-refractivity contribution >= 4 is 18.7 Å². The molecule has 5 heteroatoms. The molecule has 0 unspecified atom stereocenters. The molecule has 17 heavy (non-hydrogen) atoms. The maximum atomic E-state index is 11.9. The number of carbonyl (C=O) groups excluding carboxylic acids is 1. The minimum atomic E-state index is 0.267. The molecule has 1 heterocycles. The lowest BCUT2D eigenvalue weighted by Gasteiger charge is -2.36. The SMILES string of the molecule is CCN1CCC(N(C)C(=O)CCCNS)CC1. The number of amides is 1. The van der Waals surface area contributed by atoms with Crippen LogP contribution in [0.1, 0.15) is 32.6 Å². The minimum Gasteiger partial charge on any atom is -0.343 e. The van der Waals surface area contributed by atoms with Gasteiger partial charge in [-0.25, -0.2) is 0 Å². The van der Waals surface area contributed by atoms with E-state index >= 15 is 0 Å². The fraction of sp³-hybridized carbons (Fsp3) is 0.917. The van der Waals surface area contributed by atoms with E-state index in [0.717, 1.165) is 45.4 Å². The Hall–Kier alpha value is -0.260. The Labute approximate surface area is 110 Å². The molecule has 0 aromatic carbocycles. The monoisotopic (exact) mass is 259 g/mol. The van der Waals surface area contributed by atoms with Crippen molar-refractivity contribution in [1.82, 2.24) is 14.5 Å². The first-order chi connectivity index (χ1) is 8.19. The molecule has 0 bridgehead atoms. The first-order valence-electron chi connectivity index (χ1n) is 6.54. The highest BCUT2D eigenvalue weighted by molar-refractivity contribution is 7.78. The van der Waals surface area contributed by atoms with Crippen LogP contribution in [-0.2, 0) is 4.79 Å². The zero-order valence-corrected chi connectivity index (χ0v) is 11.9. The summed E-state index contributed by atoms with van der Waals surface area (Å²) in [5.74, 6) is 0.267. The third-order valence-corrected chi connectivity index (χ3v) is 3.85. The largest absolute Gasteiger partial charge is 0.343 e. The van der Waals surface area contributed by atoms with Crippen molar-refractivity contribution in [3.05, 3.63) is 0 Å². The van der Waals surface area contributed by atoms with E-state index in [2.05, 4.69) is 29.4 Å². The molecule has 1 amide bonds. The van der Waals surface area contributed by atoms with Crippen LogP contribution in [0.4, 0.5) is 0 Å². The van der Waals surface area contributed by atoms with Crippen molar-refractivity contribution in [3.63, 3.8) is 0 Å². The quantitative estimate of drug-likeness (QED) is 0.555. The molecule has 100 valence electrons. The van der Waals surface area contributed by atoms with Crippen molar-refractivity contribution in [2.45, 2.75) is 38.6 Å². The predicted molar refractivity (Wildman–Crippen MR) is 74.1 cm³/mol. The molecule has 1 aliphatic rings. The highest BCUT2D eigenvalue weighted by Crippen LogP contribution is 2.16. The molecule has 1 N–H and O–H groups in total. The third-order valence-electron chi connectivity index (χ3n) is 3.62. The lowest BCUT2D eigenvalue weighted by Crippen LogP contribution is -2.45. The molecular weight excluding hydrogens is 234 g/mol. The molecule has 1 aliphatic heterocycles. The van der Waals surface area contributed by atoms with E-state index in [0.29, 0.717) is 12.5 Å². The zero-order chi connectivity index (χ0) is 12.7. The fourth-order valence-electron chi connectivity index (χ4n) is 2.32. The number of piperidine rings is 1. The summed E-state index contributed by atoms with van der Waals surface area (Å²) in [6, 6.07) is 0.439. The highest BCUT2D eigenvalue weighted by Gasteiger charge is 2.24. The molecule has 4 nitrogen and oxygen atoms in total. The van der Waals surface area contributed by atoms with Crippen LogP contribution in [0.2, 0.25) is 0 Å². The topological polar surface area (TPSA) is 35.6 Å². The zero-order valence-electron chi connectivity index (χ0n) is 11.0. The van der Waals surface area contributed by atoms with Crippen molar-refractivity contribution in [3.8, 4) is 0 Å². The Balaban J connectivity index is 2.27. The first kappa shape index (κ1) is 14.8. The maximum Gasteiger partial charge on any atom is 0.222 e. The molecule has 0 spiro atoms. The fourth-order valence-corrected chi connectivity index (χ4v) is 2.48. The van der Waals surface area contributed by atoms with Crippen LogP contribution < -0.4 is 4.72 Å². The van der Waals surface area contributed by atoms with E-state index in [-0.39, 0.29) is 5.91 Å². The number of nitrogens with one attached hydrogen (secondary N) is 1. The van der Waals surface area contributed by atoms with Gasteiger partial charge < -0.3 is 9.80 Å². The smallest absolute Gasteiger partial charge is 0.222 e. The van der Waals surface area contributed by atoms with Crippen LogP contribution in [0, 0.1) is 0 Å². The van der Waals surface area contributed by atoms with Crippen LogP contribution in [0.25, 0.3) is 0 Å². The van der Waals surface area contributed by atoms with Gasteiger partial charge in [-0.15, -0.1) is 0 Å². The molecule has 0 aromatic heterocycles.